The molecule has 1 unspecified atom stereocenters. The van der Waals surface area contributed by atoms with Crippen LogP contribution in [-0.2, 0) is 17.8 Å². The van der Waals surface area contributed by atoms with Crippen LogP contribution >= 0.6 is 11.6 Å². The van der Waals surface area contributed by atoms with E-state index >= 15 is 0 Å². The number of hydrogen-bond donors (Lipinski definition) is 1. The Hall–Kier alpha value is -2.79. The van der Waals surface area contributed by atoms with E-state index in [0.717, 1.165) is 22.9 Å². The fourth-order valence-electron chi connectivity index (χ4n) is 4.41. The van der Waals surface area contributed by atoms with E-state index in [9.17, 15) is 9.59 Å². The molecule has 6 heteroatoms. The largest absolute Gasteiger partial charge is 0.354 e. The number of halogens is 1. The molecule has 0 radical (unpaired) electrons. The first kappa shape index (κ1) is 22.4. The number of para-hydroxylation sites is 1. The van der Waals surface area contributed by atoms with Crippen molar-refractivity contribution in [3.8, 4) is 0 Å². The van der Waals surface area contributed by atoms with Crippen molar-refractivity contribution < 1.29 is 9.59 Å². The zero-order valence-electron chi connectivity index (χ0n) is 18.9. The minimum absolute atomic E-state index is 0.106. The van der Waals surface area contributed by atoms with Gasteiger partial charge in [-0.25, -0.2) is 0 Å². The Morgan fingerprint density at radius 2 is 1.88 bits per heavy atom. The molecule has 3 aromatic rings. The summed E-state index contributed by atoms with van der Waals surface area (Å²) in [5.41, 5.74) is 1.72. The number of hydrogen-bond acceptors (Lipinski definition) is 2. The van der Waals surface area contributed by atoms with Gasteiger partial charge in [-0.15, -0.1) is 0 Å². The summed E-state index contributed by atoms with van der Waals surface area (Å²) in [4.78, 5) is 28.9. The average Bonchev–Trinajstić information content (AvgIpc) is 3.13. The number of benzene rings is 2. The number of nitrogens with zero attached hydrogens (tertiary/aromatic N) is 2. The molecule has 2 amide bonds. The maximum Gasteiger partial charge on any atom is 0.271 e. The Labute approximate surface area is 194 Å². The van der Waals surface area contributed by atoms with E-state index in [0.29, 0.717) is 42.7 Å². The van der Waals surface area contributed by atoms with E-state index in [4.69, 9.17) is 11.6 Å². The second-order valence-corrected chi connectivity index (χ2v) is 9.66. The quantitative estimate of drug-likeness (QED) is 0.554. The lowest BCUT2D eigenvalue weighted by Gasteiger charge is -2.44. The molecule has 4 rings (SSSR count). The van der Waals surface area contributed by atoms with E-state index in [1.54, 1.807) is 4.90 Å². The maximum atomic E-state index is 13.7. The highest BCUT2D eigenvalue weighted by Crippen LogP contribution is 2.32. The SMILES string of the molecule is CC(C)CCNC(=O)C1(C)Cn2c(cc3ccccc32)C(=O)N1CCc1ccc(Cl)cc1. The van der Waals surface area contributed by atoms with Gasteiger partial charge in [0.25, 0.3) is 5.91 Å². The summed E-state index contributed by atoms with van der Waals surface area (Å²) in [5.74, 6) is 0.283. The van der Waals surface area contributed by atoms with Gasteiger partial charge >= 0.3 is 0 Å². The minimum Gasteiger partial charge on any atom is -0.354 e. The van der Waals surface area contributed by atoms with Crippen LogP contribution in [0, 0.1) is 5.92 Å². The second kappa shape index (κ2) is 8.99. The molecule has 1 aliphatic rings. The normalized spacial score (nSPS) is 18.3. The van der Waals surface area contributed by atoms with Crippen LogP contribution in [0.2, 0.25) is 5.02 Å². The summed E-state index contributed by atoms with van der Waals surface area (Å²) < 4.78 is 2.00. The Bertz CT molecular complexity index is 1140. The first-order valence-corrected chi connectivity index (χ1v) is 11.6. The van der Waals surface area contributed by atoms with Crippen LogP contribution in [-0.4, -0.2) is 39.9 Å². The van der Waals surface area contributed by atoms with Crippen molar-refractivity contribution in [3.63, 3.8) is 0 Å². The smallest absolute Gasteiger partial charge is 0.271 e. The van der Waals surface area contributed by atoms with Gasteiger partial charge in [-0.05, 0) is 55.5 Å². The monoisotopic (exact) mass is 451 g/mol. The van der Waals surface area contributed by atoms with E-state index in [-0.39, 0.29) is 11.8 Å². The van der Waals surface area contributed by atoms with E-state index in [1.807, 2.05) is 66.1 Å². The second-order valence-electron chi connectivity index (χ2n) is 9.22. The van der Waals surface area contributed by atoms with Crippen LogP contribution in [0.1, 0.15) is 43.2 Å². The third kappa shape index (κ3) is 4.26. The van der Waals surface area contributed by atoms with Crippen molar-refractivity contribution in [2.75, 3.05) is 13.1 Å². The molecular formula is C26H30ClN3O2. The zero-order chi connectivity index (χ0) is 22.9. The molecule has 1 N–H and O–H groups in total. The summed E-state index contributed by atoms with van der Waals surface area (Å²) in [6.07, 6.45) is 1.55. The van der Waals surface area contributed by atoms with Gasteiger partial charge in [-0.3, -0.25) is 9.59 Å². The van der Waals surface area contributed by atoms with E-state index < -0.39 is 5.54 Å². The molecule has 1 atom stereocenters. The lowest BCUT2D eigenvalue weighted by molar-refractivity contribution is -0.132. The molecule has 168 valence electrons. The number of rotatable bonds is 7. The molecule has 2 heterocycles. The Kier molecular flexibility index (Phi) is 6.29. The average molecular weight is 452 g/mol. The molecule has 5 nitrogen and oxygen atoms in total. The lowest BCUT2D eigenvalue weighted by Crippen LogP contribution is -2.64. The summed E-state index contributed by atoms with van der Waals surface area (Å²) in [5, 5.41) is 4.78. The molecule has 0 saturated heterocycles. The van der Waals surface area contributed by atoms with E-state index in [2.05, 4.69) is 19.2 Å². The third-order valence-electron chi connectivity index (χ3n) is 6.37. The molecular weight excluding hydrogens is 422 g/mol. The van der Waals surface area contributed by atoms with Crippen LogP contribution in [0.5, 0.6) is 0 Å². The maximum absolute atomic E-state index is 13.7. The molecule has 0 aliphatic carbocycles. The van der Waals surface area contributed by atoms with Crippen LogP contribution < -0.4 is 5.32 Å². The highest BCUT2D eigenvalue weighted by atomic mass is 35.5. The Morgan fingerprint density at radius 3 is 2.59 bits per heavy atom. The lowest BCUT2D eigenvalue weighted by atomic mass is 9.93. The first-order valence-electron chi connectivity index (χ1n) is 11.2. The van der Waals surface area contributed by atoms with Crippen molar-refractivity contribution in [2.24, 2.45) is 5.92 Å². The number of aromatic nitrogens is 1. The number of amides is 2. The number of nitrogens with one attached hydrogen (secondary N) is 1. The molecule has 0 spiro atoms. The topological polar surface area (TPSA) is 54.3 Å². The number of fused-ring (bicyclic) bond motifs is 3. The summed E-state index contributed by atoms with van der Waals surface area (Å²) in [6.45, 7) is 7.63. The van der Waals surface area contributed by atoms with Crippen LogP contribution in [0.3, 0.4) is 0 Å². The highest BCUT2D eigenvalue weighted by Gasteiger charge is 2.47. The predicted octanol–water partition coefficient (Wildman–Crippen LogP) is 4.91. The van der Waals surface area contributed by atoms with Crippen LogP contribution in [0.25, 0.3) is 10.9 Å². The van der Waals surface area contributed by atoms with Crippen molar-refractivity contribution >= 4 is 34.3 Å². The van der Waals surface area contributed by atoms with Gasteiger partial charge in [0.05, 0.1) is 6.54 Å². The predicted molar refractivity (Wildman–Crippen MR) is 129 cm³/mol. The van der Waals surface area contributed by atoms with Gasteiger partial charge in [0, 0.05) is 29.0 Å². The minimum atomic E-state index is -0.977. The van der Waals surface area contributed by atoms with Gasteiger partial charge in [0.15, 0.2) is 0 Å². The molecule has 32 heavy (non-hydrogen) atoms. The molecule has 1 aliphatic heterocycles. The summed E-state index contributed by atoms with van der Waals surface area (Å²) >= 11 is 6.02. The molecule has 0 bridgehead atoms. The van der Waals surface area contributed by atoms with Crippen molar-refractivity contribution in [2.45, 2.75) is 45.7 Å². The zero-order valence-corrected chi connectivity index (χ0v) is 19.7. The molecule has 0 fully saturated rings. The first-order chi connectivity index (χ1) is 15.3. The van der Waals surface area contributed by atoms with Gasteiger partial charge in [-0.1, -0.05) is 55.8 Å². The fourth-order valence-corrected chi connectivity index (χ4v) is 4.54. The Balaban J connectivity index is 1.67. The van der Waals surface area contributed by atoms with Gasteiger partial charge in [-0.2, -0.15) is 0 Å². The molecule has 0 saturated carbocycles. The Morgan fingerprint density at radius 1 is 1.16 bits per heavy atom. The summed E-state index contributed by atoms with van der Waals surface area (Å²) in [6, 6.07) is 17.5. The third-order valence-corrected chi connectivity index (χ3v) is 6.62. The number of carbonyl (C=O) groups is 2. The van der Waals surface area contributed by atoms with Crippen molar-refractivity contribution in [1.29, 1.82) is 0 Å². The van der Waals surface area contributed by atoms with Gasteiger partial charge < -0.3 is 14.8 Å². The van der Waals surface area contributed by atoms with Crippen LogP contribution in [0.15, 0.2) is 54.6 Å². The van der Waals surface area contributed by atoms with Gasteiger partial charge in [0.1, 0.15) is 11.2 Å². The number of carbonyl (C=O) groups excluding carboxylic acids is 2. The van der Waals surface area contributed by atoms with Gasteiger partial charge in [0.2, 0.25) is 5.91 Å². The van der Waals surface area contributed by atoms with Crippen molar-refractivity contribution in [3.05, 3.63) is 70.9 Å². The standard InChI is InChI=1S/C26H30ClN3O2/c1-18(2)12-14-28-25(32)26(3)17-29-22-7-5-4-6-20(22)16-23(29)24(31)30(26)15-13-19-8-10-21(27)11-9-19/h4-11,16,18H,12-15,17H2,1-3H3,(H,28,32). The fraction of sp³-hybridized carbons (Fsp3) is 0.385. The highest BCUT2D eigenvalue weighted by molar-refractivity contribution is 6.30. The van der Waals surface area contributed by atoms with E-state index in [1.165, 1.54) is 0 Å². The molecule has 2 aromatic carbocycles. The molecule has 1 aromatic heterocycles. The van der Waals surface area contributed by atoms with Crippen molar-refractivity contribution in [1.82, 2.24) is 14.8 Å². The van der Waals surface area contributed by atoms with Crippen LogP contribution in [0.4, 0.5) is 0 Å². The summed E-state index contributed by atoms with van der Waals surface area (Å²) in [7, 11) is 0.